The molecule has 0 aliphatic carbocycles. The van der Waals surface area contributed by atoms with Crippen molar-refractivity contribution in [1.29, 1.82) is 0 Å². The molecule has 0 atom stereocenters. The molecular weight excluding hydrogens is 283 g/mol. The second kappa shape index (κ2) is 5.69. The van der Waals surface area contributed by atoms with E-state index in [9.17, 15) is 18.0 Å². The number of hydrogen-bond donors (Lipinski definition) is 2. The molecule has 3 nitrogen and oxygen atoms in total. The molecule has 1 amide bonds. The number of alkyl halides is 1. The smallest absolute Gasteiger partial charge is 0.254 e. The van der Waals surface area contributed by atoms with Gasteiger partial charge in [0.15, 0.2) is 17.4 Å². The van der Waals surface area contributed by atoms with E-state index in [4.69, 9.17) is 16.7 Å². The molecule has 0 bridgehead atoms. The van der Waals surface area contributed by atoms with Crippen molar-refractivity contribution in [3.63, 3.8) is 0 Å². The summed E-state index contributed by atoms with van der Waals surface area (Å²) in [6.07, 6.45) is 0.400. The molecule has 1 rings (SSSR count). The summed E-state index contributed by atoms with van der Waals surface area (Å²) in [5, 5.41) is 11.5. The van der Waals surface area contributed by atoms with Crippen LogP contribution < -0.4 is 5.32 Å². The highest BCUT2D eigenvalue weighted by molar-refractivity contribution is 6.17. The van der Waals surface area contributed by atoms with Gasteiger partial charge in [-0.1, -0.05) is 0 Å². The van der Waals surface area contributed by atoms with E-state index in [0.29, 0.717) is 12.5 Å². The van der Waals surface area contributed by atoms with Gasteiger partial charge in [-0.15, -0.1) is 11.6 Å². The van der Waals surface area contributed by atoms with Crippen molar-refractivity contribution in [1.82, 2.24) is 5.32 Å². The third-order valence-corrected chi connectivity index (χ3v) is 2.74. The Morgan fingerprint density at radius 3 is 2.47 bits per heavy atom. The van der Waals surface area contributed by atoms with Gasteiger partial charge in [0.1, 0.15) is 0 Å². The third kappa shape index (κ3) is 3.53. The number of nitrogens with one attached hydrogen (secondary N) is 1. The normalized spacial score (nSPS) is 11.5. The fourth-order valence-corrected chi connectivity index (χ4v) is 1.90. The Morgan fingerprint density at radius 1 is 1.37 bits per heavy atom. The molecule has 0 aliphatic heterocycles. The minimum Gasteiger partial charge on any atom is -0.503 e. The lowest BCUT2D eigenvalue weighted by molar-refractivity contribution is 0.0905. The highest BCUT2D eigenvalue weighted by atomic mass is 35.5. The molecule has 1 aromatic rings. The summed E-state index contributed by atoms with van der Waals surface area (Å²) in [5.74, 6) is -6.94. The number of phenolic OH excluding ortho intramolecular Hbond substituents is 1. The Balaban J connectivity index is 3.08. The van der Waals surface area contributed by atoms with E-state index in [1.807, 2.05) is 0 Å². The molecule has 0 unspecified atom stereocenters. The molecule has 0 saturated carbocycles. The third-order valence-electron chi connectivity index (χ3n) is 2.55. The number of carbonyl (C=O) groups excluding carboxylic acids is 1. The number of rotatable bonds is 4. The summed E-state index contributed by atoms with van der Waals surface area (Å²) in [7, 11) is 0. The summed E-state index contributed by atoms with van der Waals surface area (Å²) in [6, 6.07) is 0.399. The van der Waals surface area contributed by atoms with E-state index < -0.39 is 40.2 Å². The maximum absolute atomic E-state index is 13.5. The van der Waals surface area contributed by atoms with E-state index in [2.05, 4.69) is 5.32 Å². The van der Waals surface area contributed by atoms with Gasteiger partial charge >= 0.3 is 0 Å². The van der Waals surface area contributed by atoms with Crippen LogP contribution in [0.2, 0.25) is 0 Å². The average Bonchev–Trinajstić information content (AvgIpc) is 2.30. The lowest BCUT2D eigenvalue weighted by Gasteiger charge is -2.25. The number of benzene rings is 1. The van der Waals surface area contributed by atoms with Gasteiger partial charge in [-0.05, 0) is 26.3 Å². The molecule has 2 N–H and O–H groups in total. The van der Waals surface area contributed by atoms with Crippen LogP contribution in [-0.2, 0) is 0 Å². The largest absolute Gasteiger partial charge is 0.503 e. The van der Waals surface area contributed by atoms with Crippen LogP contribution in [0, 0.1) is 17.5 Å². The molecule has 106 valence electrons. The molecule has 7 heteroatoms. The molecular formula is C12H13ClF3NO2. The molecule has 1 aromatic carbocycles. The molecule has 19 heavy (non-hydrogen) atoms. The highest BCUT2D eigenvalue weighted by Crippen LogP contribution is 2.26. The van der Waals surface area contributed by atoms with Crippen molar-refractivity contribution in [3.05, 3.63) is 29.1 Å². The summed E-state index contributed by atoms with van der Waals surface area (Å²) in [4.78, 5) is 11.8. The Hall–Kier alpha value is -1.43. The van der Waals surface area contributed by atoms with Crippen LogP contribution in [0.4, 0.5) is 13.2 Å². The minimum absolute atomic E-state index is 0.263. The number of amides is 1. The predicted molar refractivity (Wildman–Crippen MR) is 64.9 cm³/mol. The first-order valence-electron chi connectivity index (χ1n) is 5.44. The minimum atomic E-state index is -1.73. The topological polar surface area (TPSA) is 49.3 Å². The van der Waals surface area contributed by atoms with Crippen molar-refractivity contribution in [2.75, 3.05) is 5.88 Å². The van der Waals surface area contributed by atoms with Crippen LogP contribution in [0.25, 0.3) is 0 Å². The number of carbonyl (C=O) groups is 1. The van der Waals surface area contributed by atoms with Gasteiger partial charge in [0, 0.05) is 11.4 Å². The zero-order valence-corrected chi connectivity index (χ0v) is 11.1. The summed E-state index contributed by atoms with van der Waals surface area (Å²) < 4.78 is 39.4. The fourth-order valence-electron chi connectivity index (χ4n) is 1.43. The Morgan fingerprint density at radius 2 is 1.95 bits per heavy atom. The van der Waals surface area contributed by atoms with E-state index in [1.54, 1.807) is 13.8 Å². The number of halogens is 4. The lowest BCUT2D eigenvalue weighted by Crippen LogP contribution is -2.44. The molecule has 0 radical (unpaired) electrons. The molecule has 0 saturated heterocycles. The molecule has 0 aromatic heterocycles. The summed E-state index contributed by atoms with van der Waals surface area (Å²) >= 11 is 5.54. The van der Waals surface area contributed by atoms with E-state index in [1.165, 1.54) is 0 Å². The van der Waals surface area contributed by atoms with Gasteiger partial charge in [-0.2, -0.15) is 4.39 Å². The second-order valence-electron chi connectivity index (χ2n) is 4.66. The van der Waals surface area contributed by atoms with E-state index >= 15 is 0 Å². The van der Waals surface area contributed by atoms with Crippen molar-refractivity contribution in [2.24, 2.45) is 0 Å². The quantitative estimate of drug-likeness (QED) is 0.663. The first kappa shape index (κ1) is 15.6. The van der Waals surface area contributed by atoms with Crippen LogP contribution in [0.1, 0.15) is 30.6 Å². The molecule has 0 aliphatic rings. The lowest BCUT2D eigenvalue weighted by atomic mass is 10.0. The van der Waals surface area contributed by atoms with Crippen LogP contribution in [-0.4, -0.2) is 22.4 Å². The monoisotopic (exact) mass is 295 g/mol. The van der Waals surface area contributed by atoms with Crippen molar-refractivity contribution >= 4 is 17.5 Å². The number of hydrogen-bond acceptors (Lipinski definition) is 2. The average molecular weight is 296 g/mol. The van der Waals surface area contributed by atoms with Gasteiger partial charge in [-0.3, -0.25) is 4.79 Å². The maximum atomic E-state index is 13.5. The van der Waals surface area contributed by atoms with Gasteiger partial charge in [0.05, 0.1) is 5.56 Å². The van der Waals surface area contributed by atoms with Gasteiger partial charge < -0.3 is 10.4 Å². The Labute approximate surface area is 113 Å². The van der Waals surface area contributed by atoms with Gasteiger partial charge in [0.25, 0.3) is 5.91 Å². The second-order valence-corrected chi connectivity index (χ2v) is 5.04. The Bertz CT molecular complexity index is 506. The molecule has 0 heterocycles. The maximum Gasteiger partial charge on any atom is 0.254 e. The zero-order valence-electron chi connectivity index (χ0n) is 10.4. The standard InChI is InChI=1S/C12H13ClF3NO2/c1-12(2,3-4-13)17-11(19)6-5-7(14)9(16)10(18)8(6)15/h5,18H,3-4H2,1-2H3,(H,17,19). The first-order valence-corrected chi connectivity index (χ1v) is 5.98. The van der Waals surface area contributed by atoms with Gasteiger partial charge in [0.2, 0.25) is 5.82 Å². The molecule has 0 spiro atoms. The molecule has 0 fully saturated rings. The zero-order chi connectivity index (χ0) is 14.8. The van der Waals surface area contributed by atoms with E-state index in [0.717, 1.165) is 0 Å². The van der Waals surface area contributed by atoms with E-state index in [-0.39, 0.29) is 5.88 Å². The summed E-state index contributed by atoms with van der Waals surface area (Å²) in [6.45, 7) is 3.29. The van der Waals surface area contributed by atoms with Gasteiger partial charge in [-0.25, -0.2) is 8.78 Å². The fraction of sp³-hybridized carbons (Fsp3) is 0.417. The van der Waals surface area contributed by atoms with Crippen LogP contribution >= 0.6 is 11.6 Å². The van der Waals surface area contributed by atoms with Crippen molar-refractivity contribution in [2.45, 2.75) is 25.8 Å². The highest BCUT2D eigenvalue weighted by Gasteiger charge is 2.26. The SMILES string of the molecule is CC(C)(CCCl)NC(=O)c1cc(F)c(F)c(O)c1F. The summed E-state index contributed by atoms with van der Waals surface area (Å²) in [5.41, 5.74) is -1.51. The van der Waals surface area contributed by atoms with Crippen molar-refractivity contribution < 1.29 is 23.1 Å². The Kier molecular flexibility index (Phi) is 4.68. The van der Waals surface area contributed by atoms with Crippen LogP contribution in [0.3, 0.4) is 0 Å². The number of aromatic hydroxyl groups is 1. The first-order chi connectivity index (χ1) is 8.69. The number of phenols is 1. The van der Waals surface area contributed by atoms with Crippen LogP contribution in [0.5, 0.6) is 5.75 Å². The van der Waals surface area contributed by atoms with Crippen LogP contribution in [0.15, 0.2) is 6.07 Å². The van der Waals surface area contributed by atoms with Crippen molar-refractivity contribution in [3.8, 4) is 5.75 Å². The predicted octanol–water partition coefficient (Wildman–Crippen LogP) is 2.95.